The zero-order valence-electron chi connectivity index (χ0n) is 16.0. The van der Waals surface area contributed by atoms with Gasteiger partial charge in [0.15, 0.2) is 0 Å². The van der Waals surface area contributed by atoms with Crippen LogP contribution in [-0.2, 0) is 16.0 Å². The third-order valence-corrected chi connectivity index (χ3v) is 4.78. The molecule has 2 aromatic rings. The van der Waals surface area contributed by atoms with Crippen molar-refractivity contribution in [1.29, 1.82) is 0 Å². The lowest BCUT2D eigenvalue weighted by atomic mass is 10.1. The van der Waals surface area contributed by atoms with Gasteiger partial charge in [0.05, 0.1) is 23.6 Å². The minimum atomic E-state index is -0.718. The summed E-state index contributed by atoms with van der Waals surface area (Å²) in [5, 5.41) is 10.9. The van der Waals surface area contributed by atoms with Gasteiger partial charge in [-0.2, -0.15) is 0 Å². The summed E-state index contributed by atoms with van der Waals surface area (Å²) in [6, 6.07) is 15.6. The molecule has 0 aliphatic carbocycles. The van der Waals surface area contributed by atoms with Gasteiger partial charge >= 0.3 is 0 Å². The number of nitro groups is 1. The number of non-ortho nitro benzene ring substituents is 1. The number of nitro benzene ring substituents is 1. The number of benzene rings is 2. The van der Waals surface area contributed by atoms with Gasteiger partial charge in [-0.1, -0.05) is 36.4 Å². The number of rotatable bonds is 7. The Bertz CT molecular complexity index is 838. The van der Waals surface area contributed by atoms with Crippen LogP contribution in [0, 0.1) is 10.1 Å². The van der Waals surface area contributed by atoms with Crippen molar-refractivity contribution in [1.82, 2.24) is 4.90 Å². The molecule has 0 bridgehead atoms. The van der Waals surface area contributed by atoms with Crippen LogP contribution in [0.4, 0.5) is 5.69 Å². The Morgan fingerprint density at radius 2 is 2.00 bits per heavy atom. The molecule has 0 N–H and O–H groups in total. The Kier molecular flexibility index (Phi) is 5.94. The molecule has 7 heteroatoms. The van der Waals surface area contributed by atoms with E-state index in [0.717, 1.165) is 5.56 Å². The molecule has 0 aromatic heterocycles. The molecule has 1 heterocycles. The van der Waals surface area contributed by atoms with Crippen molar-refractivity contribution < 1.29 is 19.2 Å². The fourth-order valence-corrected chi connectivity index (χ4v) is 3.41. The zero-order valence-corrected chi connectivity index (χ0v) is 16.0. The highest BCUT2D eigenvalue weighted by molar-refractivity contribution is 5.77. The lowest BCUT2D eigenvalue weighted by Crippen LogP contribution is -2.49. The monoisotopic (exact) mass is 384 g/mol. The lowest BCUT2D eigenvalue weighted by molar-refractivity contribution is -0.384. The predicted molar refractivity (Wildman–Crippen MR) is 104 cm³/mol. The van der Waals surface area contributed by atoms with Gasteiger partial charge in [0.1, 0.15) is 18.1 Å². The molecule has 1 amide bonds. The summed E-state index contributed by atoms with van der Waals surface area (Å²) in [7, 11) is 0. The molecule has 3 rings (SSSR count). The van der Waals surface area contributed by atoms with Crippen LogP contribution in [-0.4, -0.2) is 40.7 Å². The van der Waals surface area contributed by atoms with Crippen LogP contribution in [0.2, 0.25) is 0 Å². The largest absolute Gasteiger partial charge is 0.491 e. The maximum absolute atomic E-state index is 12.9. The number of nitrogens with zero attached hydrogens (tertiary/aromatic N) is 2. The average molecular weight is 384 g/mol. The molecule has 1 atom stereocenters. The second-order valence-corrected chi connectivity index (χ2v) is 7.23. The van der Waals surface area contributed by atoms with Crippen molar-refractivity contribution in [2.45, 2.75) is 38.5 Å². The number of carbonyl (C=O) groups is 1. The number of amides is 1. The van der Waals surface area contributed by atoms with Crippen LogP contribution in [0.25, 0.3) is 0 Å². The first-order valence-electron chi connectivity index (χ1n) is 9.24. The Hall–Kier alpha value is -2.93. The predicted octanol–water partition coefficient (Wildman–Crippen LogP) is 3.57. The summed E-state index contributed by atoms with van der Waals surface area (Å²) in [5.41, 5.74) is 0.360. The van der Waals surface area contributed by atoms with Crippen molar-refractivity contribution in [2.24, 2.45) is 0 Å². The highest BCUT2D eigenvalue weighted by Gasteiger charge is 2.43. The lowest BCUT2D eigenvalue weighted by Gasteiger charge is -2.33. The van der Waals surface area contributed by atoms with Crippen molar-refractivity contribution >= 4 is 11.6 Å². The summed E-state index contributed by atoms with van der Waals surface area (Å²) < 4.78 is 11.5. The maximum Gasteiger partial charge on any atom is 0.273 e. The minimum Gasteiger partial charge on any atom is -0.491 e. The van der Waals surface area contributed by atoms with Gasteiger partial charge in [0, 0.05) is 12.5 Å². The van der Waals surface area contributed by atoms with E-state index in [-0.39, 0.29) is 24.2 Å². The average Bonchev–Trinajstić information content (AvgIpc) is 3.00. The summed E-state index contributed by atoms with van der Waals surface area (Å²) in [6.45, 7) is 4.29. The van der Waals surface area contributed by atoms with Crippen molar-refractivity contribution in [3.8, 4) is 5.75 Å². The SMILES string of the molecule is CC1(C)OC[C@H](COc2cccc([N+](=O)[O-])c2)N1C(=O)CCc1ccccc1. The highest BCUT2D eigenvalue weighted by atomic mass is 16.6. The Balaban J connectivity index is 1.64. The van der Waals surface area contributed by atoms with Gasteiger partial charge in [-0.05, 0) is 31.9 Å². The second kappa shape index (κ2) is 8.39. The van der Waals surface area contributed by atoms with Gasteiger partial charge in [-0.15, -0.1) is 0 Å². The van der Waals surface area contributed by atoms with Gasteiger partial charge in [0.25, 0.3) is 5.69 Å². The Morgan fingerprint density at radius 1 is 1.25 bits per heavy atom. The summed E-state index contributed by atoms with van der Waals surface area (Å²) in [4.78, 5) is 25.1. The third-order valence-electron chi connectivity index (χ3n) is 4.78. The van der Waals surface area contributed by atoms with Crippen LogP contribution < -0.4 is 4.74 Å². The number of aryl methyl sites for hydroxylation is 1. The van der Waals surface area contributed by atoms with Crippen LogP contribution >= 0.6 is 0 Å². The van der Waals surface area contributed by atoms with E-state index in [4.69, 9.17) is 9.47 Å². The summed E-state index contributed by atoms with van der Waals surface area (Å²) >= 11 is 0. The van der Waals surface area contributed by atoms with Crippen molar-refractivity contribution in [3.05, 3.63) is 70.3 Å². The van der Waals surface area contributed by atoms with E-state index in [1.54, 1.807) is 17.0 Å². The molecule has 0 saturated carbocycles. The molecule has 148 valence electrons. The first-order valence-corrected chi connectivity index (χ1v) is 9.24. The van der Waals surface area contributed by atoms with Crippen molar-refractivity contribution in [3.63, 3.8) is 0 Å². The Labute approximate surface area is 164 Å². The molecule has 1 saturated heterocycles. The smallest absolute Gasteiger partial charge is 0.273 e. The van der Waals surface area contributed by atoms with E-state index in [2.05, 4.69) is 0 Å². The van der Waals surface area contributed by atoms with Crippen LogP contribution in [0.1, 0.15) is 25.8 Å². The van der Waals surface area contributed by atoms with E-state index in [0.29, 0.717) is 25.2 Å². The third kappa shape index (κ3) is 4.67. The molecule has 7 nitrogen and oxygen atoms in total. The van der Waals surface area contributed by atoms with Crippen LogP contribution in [0.3, 0.4) is 0 Å². The van der Waals surface area contributed by atoms with Gasteiger partial charge in [-0.3, -0.25) is 14.9 Å². The topological polar surface area (TPSA) is 81.9 Å². The molecular formula is C21H24N2O5. The molecule has 1 aliphatic rings. The number of carbonyl (C=O) groups excluding carboxylic acids is 1. The Morgan fingerprint density at radius 3 is 2.71 bits per heavy atom. The van der Waals surface area contributed by atoms with Crippen LogP contribution in [0.15, 0.2) is 54.6 Å². The zero-order chi connectivity index (χ0) is 20.1. The molecular weight excluding hydrogens is 360 g/mol. The van der Waals surface area contributed by atoms with Gasteiger partial charge < -0.3 is 14.4 Å². The van der Waals surface area contributed by atoms with E-state index in [1.165, 1.54) is 12.1 Å². The van der Waals surface area contributed by atoms with E-state index in [1.807, 2.05) is 44.2 Å². The molecule has 2 aromatic carbocycles. The first-order chi connectivity index (χ1) is 13.4. The quantitative estimate of drug-likeness (QED) is 0.538. The highest BCUT2D eigenvalue weighted by Crippen LogP contribution is 2.29. The number of hydrogen-bond donors (Lipinski definition) is 0. The fourth-order valence-electron chi connectivity index (χ4n) is 3.41. The standard InChI is InChI=1S/C21H24N2O5/c1-21(2)22(20(24)12-11-16-7-4-3-5-8-16)18(15-28-21)14-27-19-10-6-9-17(13-19)23(25)26/h3-10,13,18H,11-12,14-15H2,1-2H3/t18-/m0/s1. The number of ether oxygens (including phenoxy) is 2. The minimum absolute atomic E-state index is 0.000930. The molecule has 0 radical (unpaired) electrons. The summed E-state index contributed by atoms with van der Waals surface area (Å²) in [5.74, 6) is 0.398. The fraction of sp³-hybridized carbons (Fsp3) is 0.381. The van der Waals surface area contributed by atoms with Crippen molar-refractivity contribution in [2.75, 3.05) is 13.2 Å². The maximum atomic E-state index is 12.9. The summed E-state index contributed by atoms with van der Waals surface area (Å²) in [6.07, 6.45) is 1.04. The number of hydrogen-bond acceptors (Lipinski definition) is 5. The molecule has 1 fully saturated rings. The van der Waals surface area contributed by atoms with E-state index < -0.39 is 10.6 Å². The molecule has 0 spiro atoms. The molecule has 28 heavy (non-hydrogen) atoms. The second-order valence-electron chi connectivity index (χ2n) is 7.23. The molecule has 1 aliphatic heterocycles. The first kappa shape index (κ1) is 19.8. The van der Waals surface area contributed by atoms with Crippen LogP contribution in [0.5, 0.6) is 5.75 Å². The van der Waals surface area contributed by atoms with E-state index >= 15 is 0 Å². The normalized spacial score (nSPS) is 18.1. The van der Waals surface area contributed by atoms with E-state index in [9.17, 15) is 14.9 Å². The van der Waals surface area contributed by atoms with Gasteiger partial charge in [0.2, 0.25) is 5.91 Å². The van der Waals surface area contributed by atoms with Gasteiger partial charge in [-0.25, -0.2) is 0 Å². The molecule has 0 unspecified atom stereocenters.